The average molecular weight is 372 g/mol. The third kappa shape index (κ3) is 3.78. The van der Waals surface area contributed by atoms with Crippen molar-refractivity contribution in [3.63, 3.8) is 0 Å². The van der Waals surface area contributed by atoms with Gasteiger partial charge >= 0.3 is 5.97 Å². The average Bonchev–Trinajstić information content (AvgIpc) is 3.28. The van der Waals surface area contributed by atoms with Crippen LogP contribution in [0.25, 0.3) is 11.3 Å². The molecule has 1 aliphatic carbocycles. The Morgan fingerprint density at radius 3 is 2.85 bits per heavy atom. The molecule has 26 heavy (non-hydrogen) atoms. The van der Waals surface area contributed by atoms with Crippen LogP contribution < -0.4 is 5.32 Å². The summed E-state index contributed by atoms with van der Waals surface area (Å²) in [5, 5.41) is 14.8. The molecule has 0 saturated heterocycles. The normalized spacial score (nSPS) is 15.8. The van der Waals surface area contributed by atoms with Gasteiger partial charge in [-0.2, -0.15) is 5.26 Å². The first kappa shape index (κ1) is 18.1. The van der Waals surface area contributed by atoms with Crippen molar-refractivity contribution < 1.29 is 14.3 Å². The lowest BCUT2D eigenvalue weighted by Crippen LogP contribution is -2.48. The molecule has 1 unspecified atom stereocenters. The molecule has 1 amide bonds. The summed E-state index contributed by atoms with van der Waals surface area (Å²) in [5.41, 5.74) is 1.06. The van der Waals surface area contributed by atoms with Crippen LogP contribution in [0.3, 0.4) is 0 Å². The zero-order chi connectivity index (χ0) is 18.9. The second-order valence-electron chi connectivity index (χ2n) is 6.69. The zero-order valence-electron chi connectivity index (χ0n) is 14.9. The third-order valence-corrected chi connectivity index (χ3v) is 5.26. The first-order valence-electron chi connectivity index (χ1n) is 8.30. The molecule has 1 atom stereocenters. The fraction of sp³-hybridized carbons (Fsp3) is 0.444. The van der Waals surface area contributed by atoms with E-state index < -0.39 is 24.0 Å². The number of carbonyl (C=O) groups is 2. The van der Waals surface area contributed by atoms with Crippen molar-refractivity contribution in [2.45, 2.75) is 32.2 Å². The van der Waals surface area contributed by atoms with Crippen molar-refractivity contribution in [2.24, 2.45) is 13.0 Å². The predicted octanol–water partition coefficient (Wildman–Crippen LogP) is 2.42. The van der Waals surface area contributed by atoms with Crippen LogP contribution in [-0.4, -0.2) is 33.6 Å². The summed E-state index contributed by atoms with van der Waals surface area (Å²) >= 11 is 1.54. The Morgan fingerprint density at radius 1 is 1.54 bits per heavy atom. The molecule has 1 fully saturated rings. The van der Waals surface area contributed by atoms with Crippen LogP contribution in [0.2, 0.25) is 0 Å². The number of nitrogens with zero attached hydrogens (tertiary/aromatic N) is 3. The number of nitrogens with one attached hydrogen (secondary N) is 1. The van der Waals surface area contributed by atoms with Gasteiger partial charge in [0.25, 0.3) is 5.91 Å². The van der Waals surface area contributed by atoms with E-state index in [9.17, 15) is 14.9 Å². The second kappa shape index (κ2) is 6.92. The van der Waals surface area contributed by atoms with Crippen molar-refractivity contribution in [3.8, 4) is 17.3 Å². The SMILES string of the molecule is Cc1nc(-c2cc(C(=O)OCC(=O)NC(C)(C#N)C3CC3)n(C)c2)cs1. The monoisotopic (exact) mass is 372 g/mol. The van der Waals surface area contributed by atoms with Gasteiger partial charge in [0.1, 0.15) is 11.2 Å². The Bertz CT molecular complexity index is 891. The van der Waals surface area contributed by atoms with Gasteiger partial charge in [-0.15, -0.1) is 11.3 Å². The van der Waals surface area contributed by atoms with E-state index in [4.69, 9.17) is 4.74 Å². The third-order valence-electron chi connectivity index (χ3n) is 4.49. The molecule has 0 radical (unpaired) electrons. The number of hydrogen-bond acceptors (Lipinski definition) is 6. The van der Waals surface area contributed by atoms with Crippen LogP contribution in [0.1, 0.15) is 35.3 Å². The summed E-state index contributed by atoms with van der Waals surface area (Å²) in [6.07, 6.45) is 3.64. The summed E-state index contributed by atoms with van der Waals surface area (Å²) in [6.45, 7) is 3.20. The van der Waals surface area contributed by atoms with E-state index in [1.54, 1.807) is 30.8 Å². The van der Waals surface area contributed by atoms with Crippen molar-refractivity contribution in [1.29, 1.82) is 5.26 Å². The summed E-state index contributed by atoms with van der Waals surface area (Å²) in [6, 6.07) is 3.83. The standard InChI is InChI=1S/C18H20N4O3S/c1-11-20-14(9-26-11)12-6-15(22(3)7-12)17(24)25-8-16(23)21-18(2,10-19)13-4-5-13/h6-7,9,13H,4-5,8H2,1-3H3,(H,21,23). The van der Waals surface area contributed by atoms with Gasteiger partial charge in [-0.05, 0) is 38.7 Å². The van der Waals surface area contributed by atoms with E-state index >= 15 is 0 Å². The zero-order valence-corrected chi connectivity index (χ0v) is 15.7. The second-order valence-corrected chi connectivity index (χ2v) is 7.75. The fourth-order valence-electron chi connectivity index (χ4n) is 2.82. The van der Waals surface area contributed by atoms with E-state index in [0.717, 1.165) is 29.1 Å². The molecular formula is C18H20N4O3S. The largest absolute Gasteiger partial charge is 0.451 e. The molecular weight excluding hydrogens is 352 g/mol. The van der Waals surface area contributed by atoms with Crippen molar-refractivity contribution in [2.75, 3.05) is 6.61 Å². The molecule has 0 spiro atoms. The van der Waals surface area contributed by atoms with Crippen LogP contribution in [0.5, 0.6) is 0 Å². The molecule has 1 aliphatic rings. The molecule has 1 N–H and O–H groups in total. The molecule has 136 valence electrons. The topological polar surface area (TPSA) is 97.0 Å². The minimum absolute atomic E-state index is 0.171. The molecule has 0 bridgehead atoms. The number of carbonyl (C=O) groups excluding carboxylic acids is 2. The molecule has 2 aromatic rings. The number of esters is 1. The number of nitriles is 1. The van der Waals surface area contributed by atoms with Crippen LogP contribution in [-0.2, 0) is 16.6 Å². The van der Waals surface area contributed by atoms with Crippen LogP contribution in [0, 0.1) is 24.2 Å². The minimum atomic E-state index is -0.899. The van der Waals surface area contributed by atoms with Crippen molar-refractivity contribution >= 4 is 23.2 Å². The molecule has 3 rings (SSSR count). The molecule has 2 heterocycles. The highest BCUT2D eigenvalue weighted by molar-refractivity contribution is 7.09. The van der Waals surface area contributed by atoms with Crippen LogP contribution >= 0.6 is 11.3 Å². The highest BCUT2D eigenvalue weighted by atomic mass is 32.1. The lowest BCUT2D eigenvalue weighted by Gasteiger charge is -2.22. The van der Waals surface area contributed by atoms with E-state index in [-0.39, 0.29) is 5.92 Å². The van der Waals surface area contributed by atoms with E-state index in [0.29, 0.717) is 5.69 Å². The van der Waals surface area contributed by atoms with Crippen LogP contribution in [0.4, 0.5) is 0 Å². The first-order chi connectivity index (χ1) is 12.3. The van der Waals surface area contributed by atoms with Crippen molar-refractivity contribution in [1.82, 2.24) is 14.9 Å². The Morgan fingerprint density at radius 2 is 2.27 bits per heavy atom. The molecule has 0 aliphatic heterocycles. The van der Waals surface area contributed by atoms with Crippen molar-refractivity contribution in [3.05, 3.63) is 28.3 Å². The number of ether oxygens (including phenoxy) is 1. The molecule has 2 aromatic heterocycles. The van der Waals surface area contributed by atoms with Gasteiger partial charge in [0, 0.05) is 24.2 Å². The van der Waals surface area contributed by atoms with Gasteiger partial charge in [-0.1, -0.05) is 0 Å². The van der Waals surface area contributed by atoms with Gasteiger partial charge in [0.15, 0.2) is 6.61 Å². The maximum atomic E-state index is 12.3. The summed E-state index contributed by atoms with van der Waals surface area (Å²) in [5.74, 6) is -0.894. The first-order valence-corrected chi connectivity index (χ1v) is 9.18. The Hall–Kier alpha value is -2.66. The summed E-state index contributed by atoms with van der Waals surface area (Å²) in [7, 11) is 1.74. The molecule has 8 heteroatoms. The summed E-state index contributed by atoms with van der Waals surface area (Å²) < 4.78 is 6.76. The number of aryl methyl sites for hydroxylation is 2. The maximum Gasteiger partial charge on any atom is 0.355 e. The van der Waals surface area contributed by atoms with Gasteiger partial charge in [-0.3, -0.25) is 4.79 Å². The Labute approximate surface area is 155 Å². The lowest BCUT2D eigenvalue weighted by molar-refractivity contribution is -0.125. The van der Waals surface area contributed by atoms with Crippen LogP contribution in [0.15, 0.2) is 17.6 Å². The van der Waals surface area contributed by atoms with Gasteiger partial charge in [0.05, 0.1) is 16.8 Å². The Kier molecular flexibility index (Phi) is 4.83. The van der Waals surface area contributed by atoms with E-state index in [1.165, 1.54) is 11.3 Å². The highest BCUT2D eigenvalue weighted by Gasteiger charge is 2.43. The minimum Gasteiger partial charge on any atom is -0.451 e. The number of thiazole rings is 1. The molecule has 7 nitrogen and oxygen atoms in total. The van der Waals surface area contributed by atoms with E-state index in [2.05, 4.69) is 16.4 Å². The van der Waals surface area contributed by atoms with Gasteiger partial charge in [-0.25, -0.2) is 9.78 Å². The quantitative estimate of drug-likeness (QED) is 0.786. The highest BCUT2D eigenvalue weighted by Crippen LogP contribution is 2.39. The number of aromatic nitrogens is 2. The predicted molar refractivity (Wildman–Crippen MR) is 96.4 cm³/mol. The fourth-order valence-corrected chi connectivity index (χ4v) is 3.44. The molecule has 1 saturated carbocycles. The number of amides is 1. The number of rotatable bonds is 6. The smallest absolute Gasteiger partial charge is 0.355 e. The maximum absolute atomic E-state index is 12.3. The van der Waals surface area contributed by atoms with Gasteiger partial charge < -0.3 is 14.6 Å². The van der Waals surface area contributed by atoms with Gasteiger partial charge in [0.2, 0.25) is 0 Å². The lowest BCUT2D eigenvalue weighted by atomic mass is 9.98. The molecule has 0 aromatic carbocycles. The van der Waals surface area contributed by atoms with E-state index in [1.807, 2.05) is 12.3 Å². The summed E-state index contributed by atoms with van der Waals surface area (Å²) in [4.78, 5) is 28.7. The Balaban J connectivity index is 1.61. The number of hydrogen-bond donors (Lipinski definition) is 1.